The van der Waals surface area contributed by atoms with Crippen molar-refractivity contribution in [3.05, 3.63) is 71.5 Å². The molecule has 6 heteroatoms. The van der Waals surface area contributed by atoms with Crippen molar-refractivity contribution < 1.29 is 14.3 Å². The normalized spacial score (nSPS) is 11.9. The van der Waals surface area contributed by atoms with Gasteiger partial charge in [0.1, 0.15) is 0 Å². The third kappa shape index (κ3) is 3.69. The Morgan fingerprint density at radius 1 is 0.963 bits per heavy atom. The van der Waals surface area contributed by atoms with Gasteiger partial charge in [-0.2, -0.15) is 0 Å². The Morgan fingerprint density at radius 3 is 2.70 bits per heavy atom. The molecule has 2 N–H and O–H groups in total. The summed E-state index contributed by atoms with van der Waals surface area (Å²) in [4.78, 5) is 16.8. The smallest absolute Gasteiger partial charge is 0.257 e. The van der Waals surface area contributed by atoms with Crippen LogP contribution in [0.25, 0.3) is 0 Å². The number of nitrogens with one attached hydrogen (secondary N) is 2. The molecule has 27 heavy (non-hydrogen) atoms. The predicted octanol–water partition coefficient (Wildman–Crippen LogP) is 4.42. The van der Waals surface area contributed by atoms with Gasteiger partial charge in [-0.3, -0.25) is 9.78 Å². The molecule has 6 nitrogen and oxygen atoms in total. The monoisotopic (exact) mass is 361 g/mol. The molecule has 0 spiro atoms. The van der Waals surface area contributed by atoms with Crippen LogP contribution in [0.5, 0.6) is 11.5 Å². The second kappa shape index (κ2) is 6.99. The van der Waals surface area contributed by atoms with Gasteiger partial charge in [0.15, 0.2) is 11.5 Å². The maximum Gasteiger partial charge on any atom is 0.257 e. The number of amides is 1. The lowest BCUT2D eigenvalue weighted by Gasteiger charge is -2.11. The highest BCUT2D eigenvalue weighted by Crippen LogP contribution is 2.34. The molecule has 0 fully saturated rings. The molecular formula is C21H19N3O3. The third-order valence-corrected chi connectivity index (χ3v) is 4.30. The van der Waals surface area contributed by atoms with Crippen molar-refractivity contribution in [1.82, 2.24) is 4.98 Å². The Labute approximate surface area is 157 Å². The zero-order valence-electron chi connectivity index (χ0n) is 15.1. The number of anilines is 3. The van der Waals surface area contributed by atoms with E-state index in [4.69, 9.17) is 9.47 Å². The van der Waals surface area contributed by atoms with Gasteiger partial charge in [-0.05, 0) is 49.2 Å². The van der Waals surface area contributed by atoms with Crippen molar-refractivity contribution in [2.45, 2.75) is 13.8 Å². The highest BCUT2D eigenvalue weighted by molar-refractivity contribution is 6.04. The van der Waals surface area contributed by atoms with E-state index in [2.05, 4.69) is 33.8 Å². The minimum absolute atomic E-state index is 0.197. The van der Waals surface area contributed by atoms with Crippen LogP contribution in [-0.2, 0) is 0 Å². The average Bonchev–Trinajstić information content (AvgIpc) is 3.13. The standard InChI is InChI=1S/C21H19N3O3/c1-13-3-4-14(2)18(7-13)23-17-8-15(10-22-11-17)21(25)24-16-5-6-19-20(9-16)27-12-26-19/h3-11,23H,12H2,1-2H3,(H,24,25). The van der Waals surface area contributed by atoms with E-state index in [9.17, 15) is 4.79 Å². The van der Waals surface area contributed by atoms with Gasteiger partial charge >= 0.3 is 0 Å². The fourth-order valence-corrected chi connectivity index (χ4v) is 2.84. The molecule has 0 aliphatic carbocycles. The van der Waals surface area contributed by atoms with Crippen molar-refractivity contribution in [1.29, 1.82) is 0 Å². The van der Waals surface area contributed by atoms with Crippen LogP contribution >= 0.6 is 0 Å². The first-order valence-corrected chi connectivity index (χ1v) is 8.59. The molecule has 1 aliphatic heterocycles. The quantitative estimate of drug-likeness (QED) is 0.719. The van der Waals surface area contributed by atoms with E-state index in [1.54, 1.807) is 30.5 Å². The number of pyridine rings is 1. The van der Waals surface area contributed by atoms with Gasteiger partial charge < -0.3 is 20.1 Å². The van der Waals surface area contributed by atoms with E-state index in [-0.39, 0.29) is 12.7 Å². The molecule has 0 saturated heterocycles. The number of hydrogen-bond donors (Lipinski definition) is 2. The van der Waals surface area contributed by atoms with Crippen LogP contribution in [0.3, 0.4) is 0 Å². The van der Waals surface area contributed by atoms with Crippen LogP contribution < -0.4 is 20.1 Å². The maximum atomic E-state index is 12.6. The van der Waals surface area contributed by atoms with E-state index in [0.29, 0.717) is 22.7 Å². The lowest BCUT2D eigenvalue weighted by Crippen LogP contribution is -2.12. The van der Waals surface area contributed by atoms with Gasteiger partial charge in [-0.15, -0.1) is 0 Å². The SMILES string of the molecule is Cc1ccc(C)c(Nc2cncc(C(=O)Nc3ccc4c(c3)OCO4)c2)c1. The minimum atomic E-state index is -0.244. The molecule has 1 aromatic heterocycles. The van der Waals surface area contributed by atoms with Crippen LogP contribution in [-0.4, -0.2) is 17.7 Å². The molecule has 0 bridgehead atoms. The maximum absolute atomic E-state index is 12.6. The molecule has 2 heterocycles. The molecular weight excluding hydrogens is 342 g/mol. The van der Waals surface area contributed by atoms with Crippen LogP contribution in [0.1, 0.15) is 21.5 Å². The fourth-order valence-electron chi connectivity index (χ4n) is 2.84. The summed E-state index contributed by atoms with van der Waals surface area (Å²) >= 11 is 0. The molecule has 0 radical (unpaired) electrons. The summed E-state index contributed by atoms with van der Waals surface area (Å²) in [6.07, 6.45) is 3.23. The van der Waals surface area contributed by atoms with Gasteiger partial charge in [0.05, 0.1) is 17.4 Å². The van der Waals surface area contributed by atoms with Crippen LogP contribution in [0, 0.1) is 13.8 Å². The zero-order valence-corrected chi connectivity index (χ0v) is 15.1. The highest BCUT2D eigenvalue weighted by atomic mass is 16.7. The van der Waals surface area contributed by atoms with Crippen molar-refractivity contribution >= 4 is 23.0 Å². The van der Waals surface area contributed by atoms with E-state index in [1.165, 1.54) is 6.20 Å². The van der Waals surface area contributed by atoms with Gasteiger partial charge in [0.2, 0.25) is 6.79 Å². The van der Waals surface area contributed by atoms with Crippen molar-refractivity contribution in [3.8, 4) is 11.5 Å². The molecule has 1 aliphatic rings. The minimum Gasteiger partial charge on any atom is -0.454 e. The van der Waals surface area contributed by atoms with Crippen LogP contribution in [0.15, 0.2) is 54.9 Å². The molecule has 0 unspecified atom stereocenters. The molecule has 3 aromatic rings. The van der Waals surface area contributed by atoms with Gasteiger partial charge in [-0.25, -0.2) is 0 Å². The fraction of sp³-hybridized carbons (Fsp3) is 0.143. The van der Waals surface area contributed by atoms with Crippen molar-refractivity contribution in [2.75, 3.05) is 17.4 Å². The summed E-state index contributed by atoms with van der Waals surface area (Å²) in [5, 5.41) is 6.18. The van der Waals surface area contributed by atoms with E-state index in [1.807, 2.05) is 13.8 Å². The summed E-state index contributed by atoms with van der Waals surface area (Å²) in [7, 11) is 0. The molecule has 4 rings (SSSR count). The third-order valence-electron chi connectivity index (χ3n) is 4.30. The number of ether oxygens (including phenoxy) is 2. The number of aryl methyl sites for hydroxylation is 2. The van der Waals surface area contributed by atoms with Gasteiger partial charge in [-0.1, -0.05) is 12.1 Å². The lowest BCUT2D eigenvalue weighted by molar-refractivity contribution is 0.102. The number of aromatic nitrogens is 1. The Morgan fingerprint density at radius 2 is 1.81 bits per heavy atom. The Bertz CT molecular complexity index is 1020. The van der Waals surface area contributed by atoms with E-state index in [0.717, 1.165) is 22.5 Å². The summed E-state index contributed by atoms with van der Waals surface area (Å²) in [6.45, 7) is 4.27. The highest BCUT2D eigenvalue weighted by Gasteiger charge is 2.15. The average molecular weight is 361 g/mol. The lowest BCUT2D eigenvalue weighted by atomic mass is 10.1. The Balaban J connectivity index is 1.51. The second-order valence-electron chi connectivity index (χ2n) is 6.43. The molecule has 1 amide bonds. The second-order valence-corrected chi connectivity index (χ2v) is 6.43. The largest absolute Gasteiger partial charge is 0.454 e. The molecule has 0 atom stereocenters. The van der Waals surface area contributed by atoms with Crippen LogP contribution in [0.2, 0.25) is 0 Å². The number of hydrogen-bond acceptors (Lipinski definition) is 5. The topological polar surface area (TPSA) is 72.5 Å². The Kier molecular flexibility index (Phi) is 4.38. The summed E-state index contributed by atoms with van der Waals surface area (Å²) < 4.78 is 10.6. The summed E-state index contributed by atoms with van der Waals surface area (Å²) in [5.74, 6) is 1.05. The number of carbonyl (C=O) groups is 1. The predicted molar refractivity (Wildman–Crippen MR) is 104 cm³/mol. The van der Waals surface area contributed by atoms with E-state index < -0.39 is 0 Å². The number of nitrogens with zero attached hydrogens (tertiary/aromatic N) is 1. The number of carbonyl (C=O) groups excluding carboxylic acids is 1. The molecule has 0 saturated carbocycles. The number of benzene rings is 2. The number of rotatable bonds is 4. The molecule has 136 valence electrons. The summed E-state index contributed by atoms with van der Waals surface area (Å²) in [5.41, 5.74) is 5.12. The van der Waals surface area contributed by atoms with Crippen molar-refractivity contribution in [3.63, 3.8) is 0 Å². The van der Waals surface area contributed by atoms with Gasteiger partial charge in [0.25, 0.3) is 5.91 Å². The first kappa shape index (κ1) is 16.9. The Hall–Kier alpha value is -3.54. The van der Waals surface area contributed by atoms with Gasteiger partial charge in [0, 0.05) is 23.6 Å². The first-order chi connectivity index (χ1) is 13.1. The number of fused-ring (bicyclic) bond motifs is 1. The van der Waals surface area contributed by atoms with Crippen molar-refractivity contribution in [2.24, 2.45) is 0 Å². The molecule has 2 aromatic carbocycles. The van der Waals surface area contributed by atoms with Crippen LogP contribution in [0.4, 0.5) is 17.1 Å². The summed E-state index contributed by atoms with van der Waals surface area (Å²) in [6, 6.07) is 13.2. The zero-order chi connectivity index (χ0) is 18.8. The van der Waals surface area contributed by atoms with E-state index >= 15 is 0 Å². The first-order valence-electron chi connectivity index (χ1n) is 8.59.